The summed E-state index contributed by atoms with van der Waals surface area (Å²) < 4.78 is 5.46. The molecule has 1 rings (SSSR count). The van der Waals surface area contributed by atoms with E-state index in [1.165, 1.54) is 11.1 Å². The third kappa shape index (κ3) is 1.47. The Balaban J connectivity index is 3.15. The summed E-state index contributed by atoms with van der Waals surface area (Å²) in [6.07, 6.45) is 1.83. The number of hydrogen-bond donors (Lipinski definition) is 0. The number of aryl methyl sites for hydroxylation is 1. The first-order valence-electron chi connectivity index (χ1n) is 3.98. The molecule has 11 heavy (non-hydrogen) atoms. The van der Waals surface area contributed by atoms with Gasteiger partial charge in [0.15, 0.2) is 0 Å². The smallest absolute Gasteiger partial charge is 0.112 e. The van der Waals surface area contributed by atoms with E-state index in [4.69, 9.17) is 4.42 Å². The van der Waals surface area contributed by atoms with Gasteiger partial charge in [-0.25, -0.2) is 0 Å². The second kappa shape index (κ2) is 2.40. The highest BCUT2D eigenvalue weighted by Crippen LogP contribution is 2.28. The third-order valence-corrected chi connectivity index (χ3v) is 1.97. The van der Waals surface area contributed by atoms with E-state index in [1.54, 1.807) is 0 Å². The van der Waals surface area contributed by atoms with Crippen molar-refractivity contribution in [2.75, 3.05) is 0 Å². The fourth-order valence-electron chi connectivity index (χ4n) is 1.24. The van der Waals surface area contributed by atoms with Crippen LogP contribution in [0.15, 0.2) is 10.7 Å². The normalized spacial score (nSPS) is 12.1. The molecule has 0 spiro atoms. The largest absolute Gasteiger partial charge is 0.468 e. The topological polar surface area (TPSA) is 13.1 Å². The van der Waals surface area contributed by atoms with Crippen LogP contribution in [0.3, 0.4) is 0 Å². The van der Waals surface area contributed by atoms with Crippen LogP contribution in [0.2, 0.25) is 0 Å². The molecule has 1 aromatic heterocycles. The Morgan fingerprint density at radius 3 is 1.91 bits per heavy atom. The first-order valence-corrected chi connectivity index (χ1v) is 3.98. The van der Waals surface area contributed by atoms with E-state index in [0.717, 1.165) is 5.76 Å². The molecule has 1 heteroatoms. The van der Waals surface area contributed by atoms with E-state index in [1.807, 2.05) is 6.26 Å². The van der Waals surface area contributed by atoms with E-state index >= 15 is 0 Å². The van der Waals surface area contributed by atoms with Crippen LogP contribution in [0.5, 0.6) is 0 Å². The van der Waals surface area contributed by atoms with Crippen LogP contribution in [0.4, 0.5) is 0 Å². The predicted octanol–water partition coefficient (Wildman–Crippen LogP) is 3.19. The lowest BCUT2D eigenvalue weighted by Gasteiger charge is -2.15. The molecule has 0 aliphatic rings. The molecule has 1 heterocycles. The molecule has 0 N–H and O–H groups in total. The standard InChI is InChI=1S/C10H16O/c1-7-6-11-9(8(7)2)10(3,4)5/h6H,1-5H3. The Kier molecular flexibility index (Phi) is 1.83. The Morgan fingerprint density at radius 1 is 1.18 bits per heavy atom. The van der Waals surface area contributed by atoms with Crippen LogP contribution in [0.25, 0.3) is 0 Å². The molecule has 0 radical (unpaired) electrons. The highest BCUT2D eigenvalue weighted by atomic mass is 16.3. The summed E-state index contributed by atoms with van der Waals surface area (Å²) in [6.45, 7) is 10.7. The molecule has 0 amide bonds. The summed E-state index contributed by atoms with van der Waals surface area (Å²) in [6, 6.07) is 0. The lowest BCUT2D eigenvalue weighted by molar-refractivity contribution is 0.406. The number of hydrogen-bond acceptors (Lipinski definition) is 1. The third-order valence-electron chi connectivity index (χ3n) is 1.97. The highest BCUT2D eigenvalue weighted by Gasteiger charge is 2.20. The van der Waals surface area contributed by atoms with Crippen LogP contribution in [-0.4, -0.2) is 0 Å². The van der Waals surface area contributed by atoms with Gasteiger partial charge in [0.2, 0.25) is 0 Å². The van der Waals surface area contributed by atoms with Crippen molar-refractivity contribution in [2.45, 2.75) is 40.0 Å². The lowest BCUT2D eigenvalue weighted by Crippen LogP contribution is -2.11. The molecule has 1 nitrogen and oxygen atoms in total. The van der Waals surface area contributed by atoms with Gasteiger partial charge < -0.3 is 4.42 Å². The Bertz CT molecular complexity index is 250. The Morgan fingerprint density at radius 2 is 1.73 bits per heavy atom. The number of furan rings is 1. The van der Waals surface area contributed by atoms with Crippen LogP contribution >= 0.6 is 0 Å². The van der Waals surface area contributed by atoms with Crippen molar-refractivity contribution >= 4 is 0 Å². The maximum Gasteiger partial charge on any atom is 0.112 e. The van der Waals surface area contributed by atoms with Crippen molar-refractivity contribution in [1.29, 1.82) is 0 Å². The summed E-state index contributed by atoms with van der Waals surface area (Å²) in [5.41, 5.74) is 2.67. The average Bonchev–Trinajstić information content (AvgIpc) is 2.11. The van der Waals surface area contributed by atoms with E-state index in [-0.39, 0.29) is 5.41 Å². The first-order chi connectivity index (χ1) is 4.93. The van der Waals surface area contributed by atoms with Crippen LogP contribution in [-0.2, 0) is 5.41 Å². The van der Waals surface area contributed by atoms with E-state index < -0.39 is 0 Å². The average molecular weight is 152 g/mol. The van der Waals surface area contributed by atoms with Crippen molar-refractivity contribution in [3.05, 3.63) is 23.2 Å². The van der Waals surface area contributed by atoms with Gasteiger partial charge in [-0.15, -0.1) is 0 Å². The molecule has 1 aromatic rings. The van der Waals surface area contributed by atoms with Gasteiger partial charge in [-0.3, -0.25) is 0 Å². The van der Waals surface area contributed by atoms with E-state index in [9.17, 15) is 0 Å². The molecule has 0 unspecified atom stereocenters. The first kappa shape index (κ1) is 8.38. The summed E-state index contributed by atoms with van der Waals surface area (Å²) in [5.74, 6) is 1.11. The van der Waals surface area contributed by atoms with Crippen LogP contribution in [0.1, 0.15) is 37.7 Å². The van der Waals surface area contributed by atoms with Crippen LogP contribution in [0, 0.1) is 13.8 Å². The minimum absolute atomic E-state index is 0.137. The summed E-state index contributed by atoms with van der Waals surface area (Å²) in [7, 11) is 0. The molecule has 0 saturated heterocycles. The van der Waals surface area contributed by atoms with Gasteiger partial charge in [-0.05, 0) is 25.0 Å². The Hall–Kier alpha value is -0.720. The minimum Gasteiger partial charge on any atom is -0.468 e. The predicted molar refractivity (Wildman–Crippen MR) is 46.9 cm³/mol. The monoisotopic (exact) mass is 152 g/mol. The van der Waals surface area contributed by atoms with E-state index in [2.05, 4.69) is 34.6 Å². The van der Waals surface area contributed by atoms with Crippen molar-refractivity contribution in [2.24, 2.45) is 0 Å². The van der Waals surface area contributed by atoms with Gasteiger partial charge in [-0.1, -0.05) is 20.8 Å². The quantitative estimate of drug-likeness (QED) is 0.556. The van der Waals surface area contributed by atoms with E-state index in [0.29, 0.717) is 0 Å². The highest BCUT2D eigenvalue weighted by molar-refractivity contribution is 5.29. The van der Waals surface area contributed by atoms with Crippen molar-refractivity contribution in [3.8, 4) is 0 Å². The van der Waals surface area contributed by atoms with Gasteiger partial charge >= 0.3 is 0 Å². The summed E-state index contributed by atoms with van der Waals surface area (Å²) in [4.78, 5) is 0. The maximum absolute atomic E-state index is 5.46. The molecular weight excluding hydrogens is 136 g/mol. The van der Waals surface area contributed by atoms with Gasteiger partial charge in [0.1, 0.15) is 5.76 Å². The summed E-state index contributed by atoms with van der Waals surface area (Å²) >= 11 is 0. The second-order valence-corrected chi connectivity index (χ2v) is 4.12. The minimum atomic E-state index is 0.137. The second-order valence-electron chi connectivity index (χ2n) is 4.12. The fraction of sp³-hybridized carbons (Fsp3) is 0.600. The fourth-order valence-corrected chi connectivity index (χ4v) is 1.24. The molecule has 0 atom stereocenters. The van der Waals surface area contributed by atoms with Crippen molar-refractivity contribution in [3.63, 3.8) is 0 Å². The SMILES string of the molecule is Cc1coc(C(C)(C)C)c1C. The summed E-state index contributed by atoms with van der Waals surface area (Å²) in [5, 5.41) is 0. The molecule has 0 fully saturated rings. The zero-order valence-corrected chi connectivity index (χ0v) is 7.99. The molecule has 0 saturated carbocycles. The molecular formula is C10H16O. The zero-order valence-electron chi connectivity index (χ0n) is 7.99. The molecule has 62 valence electrons. The number of rotatable bonds is 0. The Labute approximate surface area is 68.4 Å². The molecule has 0 bridgehead atoms. The van der Waals surface area contributed by atoms with Crippen molar-refractivity contribution in [1.82, 2.24) is 0 Å². The van der Waals surface area contributed by atoms with Gasteiger partial charge in [0.05, 0.1) is 6.26 Å². The maximum atomic E-state index is 5.46. The lowest BCUT2D eigenvalue weighted by atomic mass is 9.90. The van der Waals surface area contributed by atoms with Crippen LogP contribution < -0.4 is 0 Å². The molecule has 0 aliphatic carbocycles. The molecule has 0 aromatic carbocycles. The van der Waals surface area contributed by atoms with Gasteiger partial charge in [0.25, 0.3) is 0 Å². The van der Waals surface area contributed by atoms with Gasteiger partial charge in [0, 0.05) is 5.41 Å². The van der Waals surface area contributed by atoms with Gasteiger partial charge in [-0.2, -0.15) is 0 Å². The zero-order chi connectivity index (χ0) is 8.65. The van der Waals surface area contributed by atoms with Crippen molar-refractivity contribution < 1.29 is 4.42 Å². The molecule has 0 aliphatic heterocycles.